The van der Waals surface area contributed by atoms with Gasteiger partial charge in [0.2, 0.25) is 5.95 Å². The van der Waals surface area contributed by atoms with E-state index in [9.17, 15) is 5.11 Å². The van der Waals surface area contributed by atoms with Gasteiger partial charge in [0, 0.05) is 42.3 Å². The maximum Gasteiger partial charge on any atom is 0.223 e. The first-order valence-electron chi connectivity index (χ1n) is 9.50. The minimum Gasteiger partial charge on any atom is -0.390 e. The number of hydrogen-bond donors (Lipinski definition) is 2. The van der Waals surface area contributed by atoms with E-state index in [-0.39, 0.29) is 6.04 Å². The molecule has 0 unspecified atom stereocenters. The summed E-state index contributed by atoms with van der Waals surface area (Å²) in [5, 5.41) is 17.2. The Kier molecular flexibility index (Phi) is 5.20. The van der Waals surface area contributed by atoms with Gasteiger partial charge in [-0.1, -0.05) is 6.42 Å². The molecule has 0 bridgehead atoms. The van der Waals surface area contributed by atoms with Crippen LogP contribution in [0.2, 0.25) is 0 Å². The van der Waals surface area contributed by atoms with Gasteiger partial charge in [-0.15, -0.1) is 11.3 Å². The summed E-state index contributed by atoms with van der Waals surface area (Å²) in [6.45, 7) is 6.44. The molecule has 0 amide bonds. The Labute approximate surface area is 158 Å². The summed E-state index contributed by atoms with van der Waals surface area (Å²) in [6, 6.07) is 2.10. The first-order valence-corrected chi connectivity index (χ1v) is 10.4. The SMILES string of the molecule is Cc1cc(C2CCC2)nc(N[C@@H]2CCN(Cc3csc(C)n3)C[C@H]2O)n1. The van der Waals surface area contributed by atoms with Crippen molar-refractivity contribution in [1.29, 1.82) is 0 Å². The fourth-order valence-corrected chi connectivity index (χ4v) is 4.36. The van der Waals surface area contributed by atoms with Crippen LogP contribution in [0.25, 0.3) is 0 Å². The summed E-state index contributed by atoms with van der Waals surface area (Å²) < 4.78 is 0. The Balaban J connectivity index is 1.36. The lowest BCUT2D eigenvalue weighted by molar-refractivity contribution is 0.0554. The van der Waals surface area contributed by atoms with E-state index >= 15 is 0 Å². The maximum atomic E-state index is 10.6. The molecular formula is C19H27N5OS. The van der Waals surface area contributed by atoms with E-state index in [1.165, 1.54) is 19.3 Å². The number of hydrogen-bond acceptors (Lipinski definition) is 7. The first-order chi connectivity index (χ1) is 12.6. The second kappa shape index (κ2) is 7.58. The minimum absolute atomic E-state index is 0.000499. The molecule has 2 atom stereocenters. The Hall–Kier alpha value is -1.57. The molecule has 2 N–H and O–H groups in total. The number of thiazole rings is 1. The van der Waals surface area contributed by atoms with Crippen molar-refractivity contribution in [3.63, 3.8) is 0 Å². The normalized spacial score (nSPS) is 24.4. The van der Waals surface area contributed by atoms with Gasteiger partial charge in [0.05, 0.1) is 22.8 Å². The highest BCUT2D eigenvalue weighted by Gasteiger charge is 2.29. The molecule has 26 heavy (non-hydrogen) atoms. The molecule has 2 fully saturated rings. The van der Waals surface area contributed by atoms with Crippen molar-refractivity contribution < 1.29 is 5.11 Å². The number of nitrogens with zero attached hydrogens (tertiary/aromatic N) is 4. The number of aliphatic hydroxyl groups excluding tert-OH is 1. The lowest BCUT2D eigenvalue weighted by atomic mass is 9.83. The van der Waals surface area contributed by atoms with E-state index in [0.717, 1.165) is 41.6 Å². The molecule has 4 rings (SSSR count). The molecule has 1 saturated heterocycles. The van der Waals surface area contributed by atoms with Crippen LogP contribution in [0.1, 0.15) is 53.7 Å². The fraction of sp³-hybridized carbons (Fsp3) is 0.632. The molecular weight excluding hydrogens is 346 g/mol. The number of rotatable bonds is 5. The fourth-order valence-electron chi connectivity index (χ4n) is 3.76. The van der Waals surface area contributed by atoms with Gasteiger partial charge in [0.25, 0.3) is 0 Å². The molecule has 0 aromatic carbocycles. The number of anilines is 1. The number of piperidine rings is 1. The molecule has 3 heterocycles. The molecule has 0 radical (unpaired) electrons. The van der Waals surface area contributed by atoms with Crippen LogP contribution in [0, 0.1) is 13.8 Å². The predicted octanol–water partition coefficient (Wildman–Crippen LogP) is 2.86. The van der Waals surface area contributed by atoms with Gasteiger partial charge in [0.1, 0.15) is 0 Å². The summed E-state index contributed by atoms with van der Waals surface area (Å²) in [5.74, 6) is 1.25. The van der Waals surface area contributed by atoms with Gasteiger partial charge in [0.15, 0.2) is 0 Å². The van der Waals surface area contributed by atoms with Crippen LogP contribution in [-0.4, -0.2) is 50.2 Å². The van der Waals surface area contributed by atoms with Crippen molar-refractivity contribution in [3.05, 3.63) is 33.5 Å². The second-order valence-electron chi connectivity index (χ2n) is 7.59. The van der Waals surface area contributed by atoms with E-state index in [4.69, 9.17) is 4.98 Å². The average Bonchev–Trinajstić information content (AvgIpc) is 2.93. The summed E-state index contributed by atoms with van der Waals surface area (Å²) in [6.07, 6.45) is 4.20. The van der Waals surface area contributed by atoms with E-state index in [1.54, 1.807) is 11.3 Å². The van der Waals surface area contributed by atoms with Crippen LogP contribution in [0.15, 0.2) is 11.4 Å². The predicted molar refractivity (Wildman–Crippen MR) is 104 cm³/mol. The molecule has 2 aliphatic rings. The number of aryl methyl sites for hydroxylation is 2. The molecule has 2 aromatic rings. The molecule has 1 saturated carbocycles. The smallest absolute Gasteiger partial charge is 0.223 e. The largest absolute Gasteiger partial charge is 0.390 e. The molecule has 1 aliphatic heterocycles. The molecule has 2 aromatic heterocycles. The average molecular weight is 374 g/mol. The van der Waals surface area contributed by atoms with Crippen molar-refractivity contribution in [2.24, 2.45) is 0 Å². The van der Waals surface area contributed by atoms with Crippen LogP contribution in [0.5, 0.6) is 0 Å². The van der Waals surface area contributed by atoms with Crippen molar-refractivity contribution in [2.75, 3.05) is 18.4 Å². The quantitative estimate of drug-likeness (QED) is 0.839. The van der Waals surface area contributed by atoms with Gasteiger partial charge < -0.3 is 10.4 Å². The van der Waals surface area contributed by atoms with Gasteiger partial charge in [-0.3, -0.25) is 4.90 Å². The Morgan fingerprint density at radius 2 is 2.08 bits per heavy atom. The monoisotopic (exact) mass is 373 g/mol. The summed E-state index contributed by atoms with van der Waals surface area (Å²) in [4.78, 5) is 16.1. The van der Waals surface area contributed by atoms with Crippen molar-refractivity contribution in [3.8, 4) is 0 Å². The first kappa shape index (κ1) is 17.8. The molecule has 6 nitrogen and oxygen atoms in total. The van der Waals surface area contributed by atoms with Gasteiger partial charge >= 0.3 is 0 Å². The third-order valence-electron chi connectivity index (χ3n) is 5.43. The van der Waals surface area contributed by atoms with Crippen molar-refractivity contribution in [1.82, 2.24) is 19.9 Å². The highest BCUT2D eigenvalue weighted by atomic mass is 32.1. The number of aromatic nitrogens is 3. The van der Waals surface area contributed by atoms with E-state index in [1.807, 2.05) is 13.8 Å². The van der Waals surface area contributed by atoms with Gasteiger partial charge in [-0.2, -0.15) is 0 Å². The van der Waals surface area contributed by atoms with Crippen molar-refractivity contribution >= 4 is 17.3 Å². The Morgan fingerprint density at radius 1 is 1.23 bits per heavy atom. The lowest BCUT2D eigenvalue weighted by Crippen LogP contribution is -2.49. The summed E-state index contributed by atoms with van der Waals surface area (Å²) in [5.41, 5.74) is 3.24. The lowest BCUT2D eigenvalue weighted by Gasteiger charge is -2.36. The number of likely N-dealkylation sites (tertiary alicyclic amines) is 1. The highest BCUT2D eigenvalue weighted by Crippen LogP contribution is 2.35. The number of nitrogens with one attached hydrogen (secondary N) is 1. The van der Waals surface area contributed by atoms with Gasteiger partial charge in [-0.25, -0.2) is 15.0 Å². The standard InChI is InChI=1S/C19H27N5OS/c1-12-8-17(14-4-3-5-14)23-19(20-12)22-16-6-7-24(10-18(16)25)9-15-11-26-13(2)21-15/h8,11,14,16,18,25H,3-7,9-10H2,1-2H3,(H,20,22,23)/t16-,18-/m1/s1. The third-order valence-corrected chi connectivity index (χ3v) is 6.25. The van der Waals surface area contributed by atoms with E-state index in [0.29, 0.717) is 18.4 Å². The zero-order valence-corrected chi connectivity index (χ0v) is 16.3. The Bertz CT molecular complexity index is 760. The van der Waals surface area contributed by atoms with Gasteiger partial charge in [-0.05, 0) is 39.2 Å². The molecule has 7 heteroatoms. The van der Waals surface area contributed by atoms with E-state index < -0.39 is 6.10 Å². The number of β-amino-alcohol motifs (C(OH)–C–C–N with tert-alkyl or cyclic N) is 1. The van der Waals surface area contributed by atoms with Crippen LogP contribution < -0.4 is 5.32 Å². The Morgan fingerprint density at radius 3 is 2.73 bits per heavy atom. The zero-order chi connectivity index (χ0) is 18.1. The van der Waals surface area contributed by atoms with Crippen LogP contribution in [-0.2, 0) is 6.54 Å². The highest BCUT2D eigenvalue weighted by molar-refractivity contribution is 7.09. The summed E-state index contributed by atoms with van der Waals surface area (Å²) >= 11 is 1.68. The molecule has 1 aliphatic carbocycles. The minimum atomic E-state index is -0.431. The topological polar surface area (TPSA) is 74.2 Å². The second-order valence-corrected chi connectivity index (χ2v) is 8.65. The zero-order valence-electron chi connectivity index (χ0n) is 15.5. The van der Waals surface area contributed by atoms with Crippen LogP contribution >= 0.6 is 11.3 Å². The van der Waals surface area contributed by atoms with Crippen LogP contribution in [0.4, 0.5) is 5.95 Å². The number of aliphatic hydroxyl groups is 1. The molecule has 0 spiro atoms. The molecule has 140 valence electrons. The summed E-state index contributed by atoms with van der Waals surface area (Å²) in [7, 11) is 0. The maximum absolute atomic E-state index is 10.6. The van der Waals surface area contributed by atoms with Crippen molar-refractivity contribution in [2.45, 2.75) is 64.1 Å². The third kappa shape index (κ3) is 4.05. The van der Waals surface area contributed by atoms with Crippen LogP contribution in [0.3, 0.4) is 0 Å². The van der Waals surface area contributed by atoms with E-state index in [2.05, 4.69) is 31.6 Å².